The number of nitrogens with zero attached hydrogens (tertiary/aromatic N) is 4. The van der Waals surface area contributed by atoms with Gasteiger partial charge in [0.2, 0.25) is 11.8 Å². The van der Waals surface area contributed by atoms with Crippen LogP contribution in [0.25, 0.3) is 0 Å². The summed E-state index contributed by atoms with van der Waals surface area (Å²) >= 11 is 0.880. The highest BCUT2D eigenvalue weighted by atomic mass is 32.2. The minimum Gasteiger partial charge on any atom is -0.406 e. The van der Waals surface area contributed by atoms with Gasteiger partial charge >= 0.3 is 6.36 Å². The highest BCUT2D eigenvalue weighted by Crippen LogP contribution is 2.39. The molecular formula is C21H16F3N5O3S. The Morgan fingerprint density at radius 2 is 1.79 bits per heavy atom. The molecule has 2 aromatic rings. The normalized spacial score (nSPS) is 16.1. The van der Waals surface area contributed by atoms with Crippen LogP contribution in [0.1, 0.15) is 42.9 Å². The van der Waals surface area contributed by atoms with Crippen molar-refractivity contribution >= 4 is 35.1 Å². The quantitative estimate of drug-likeness (QED) is 0.645. The number of pyridine rings is 1. The third kappa shape index (κ3) is 4.86. The lowest BCUT2D eigenvalue weighted by Crippen LogP contribution is -2.31. The van der Waals surface area contributed by atoms with Gasteiger partial charge in [-0.3, -0.25) is 9.59 Å². The fourth-order valence-corrected chi connectivity index (χ4v) is 4.51. The van der Waals surface area contributed by atoms with Crippen LogP contribution in [0.3, 0.4) is 0 Å². The van der Waals surface area contributed by atoms with Crippen molar-refractivity contribution in [2.75, 3.05) is 10.6 Å². The Hall–Kier alpha value is -3.77. The highest BCUT2D eigenvalue weighted by Gasteiger charge is 2.41. The number of anilines is 2. The number of amides is 2. The van der Waals surface area contributed by atoms with Crippen molar-refractivity contribution in [1.29, 1.82) is 10.5 Å². The Kier molecular flexibility index (Phi) is 6.51. The van der Waals surface area contributed by atoms with Crippen LogP contribution in [0.4, 0.5) is 24.7 Å². The molecule has 1 aromatic heterocycles. The summed E-state index contributed by atoms with van der Waals surface area (Å²) in [4.78, 5) is 30.4. The van der Waals surface area contributed by atoms with Crippen LogP contribution in [0.2, 0.25) is 0 Å². The maximum absolute atomic E-state index is 12.9. The van der Waals surface area contributed by atoms with E-state index in [0.29, 0.717) is 5.56 Å². The van der Waals surface area contributed by atoms with Gasteiger partial charge in [0, 0.05) is 6.42 Å². The first-order chi connectivity index (χ1) is 15.5. The van der Waals surface area contributed by atoms with Crippen molar-refractivity contribution in [3.63, 3.8) is 0 Å². The number of hydrogen-bond donors (Lipinski definition) is 1. The minimum absolute atomic E-state index is 0.0818. The third-order valence-corrected chi connectivity index (χ3v) is 5.89. The molecule has 0 radical (unpaired) electrons. The largest absolute Gasteiger partial charge is 0.573 e. The third-order valence-electron chi connectivity index (χ3n) is 4.72. The van der Waals surface area contributed by atoms with Gasteiger partial charge in [-0.05, 0) is 35.7 Å². The van der Waals surface area contributed by atoms with Crippen LogP contribution in [-0.4, -0.2) is 28.4 Å². The molecule has 1 atom stereocenters. The van der Waals surface area contributed by atoms with Crippen molar-refractivity contribution in [2.24, 2.45) is 0 Å². The zero-order valence-corrected chi connectivity index (χ0v) is 18.1. The second kappa shape index (κ2) is 9.00. The standard InChI is InChI=1S/C21H16F3N5O3S/c1-10(2)17-13(8-25)18(27)28-19(14(17)9-26)33-15-7-16(30)29(20(15)31)11-3-5-12(6-4-11)32-21(22,23)24/h3-6,10,15H,7H2,1-2H3,(H2,27,28). The second-order valence-electron chi connectivity index (χ2n) is 7.26. The Morgan fingerprint density at radius 1 is 1.18 bits per heavy atom. The molecule has 2 amide bonds. The smallest absolute Gasteiger partial charge is 0.406 e. The lowest BCUT2D eigenvalue weighted by Gasteiger charge is -2.17. The van der Waals surface area contributed by atoms with E-state index >= 15 is 0 Å². The average molecular weight is 475 g/mol. The molecule has 12 heteroatoms. The van der Waals surface area contributed by atoms with Gasteiger partial charge in [-0.2, -0.15) is 10.5 Å². The van der Waals surface area contributed by atoms with Gasteiger partial charge in [0.15, 0.2) is 0 Å². The van der Waals surface area contributed by atoms with E-state index in [-0.39, 0.29) is 40.0 Å². The molecule has 8 nitrogen and oxygen atoms in total. The van der Waals surface area contributed by atoms with E-state index in [0.717, 1.165) is 28.8 Å². The van der Waals surface area contributed by atoms with E-state index in [1.165, 1.54) is 12.1 Å². The molecule has 3 rings (SSSR count). The van der Waals surface area contributed by atoms with E-state index in [1.807, 2.05) is 12.1 Å². The van der Waals surface area contributed by atoms with Crippen LogP contribution < -0.4 is 15.4 Å². The molecule has 2 N–H and O–H groups in total. The number of imide groups is 1. The molecule has 0 bridgehead atoms. The summed E-state index contributed by atoms with van der Waals surface area (Å²) in [5, 5.41) is 18.3. The Balaban J connectivity index is 1.89. The molecule has 0 saturated carbocycles. The van der Waals surface area contributed by atoms with Gasteiger partial charge in [0.25, 0.3) is 0 Å². The first kappa shape index (κ1) is 23.9. The number of halogens is 3. The second-order valence-corrected chi connectivity index (χ2v) is 8.46. The number of ether oxygens (including phenoxy) is 1. The SMILES string of the molecule is CC(C)c1c(C#N)c(N)nc(SC2CC(=O)N(c3ccc(OC(F)(F)F)cc3)C2=O)c1C#N. The summed E-state index contributed by atoms with van der Waals surface area (Å²) in [7, 11) is 0. The van der Waals surface area contributed by atoms with Crippen LogP contribution in [0.15, 0.2) is 29.3 Å². The Morgan fingerprint density at radius 3 is 2.30 bits per heavy atom. The molecule has 1 aliphatic rings. The number of nitrogen functional groups attached to an aromatic ring is 1. The van der Waals surface area contributed by atoms with E-state index in [4.69, 9.17) is 5.73 Å². The molecule has 0 spiro atoms. The van der Waals surface area contributed by atoms with Crippen LogP contribution in [-0.2, 0) is 9.59 Å². The minimum atomic E-state index is -4.87. The number of aromatic nitrogens is 1. The maximum Gasteiger partial charge on any atom is 0.573 e. The molecule has 33 heavy (non-hydrogen) atoms. The molecule has 1 fully saturated rings. The average Bonchev–Trinajstić information content (AvgIpc) is 3.00. The molecule has 0 aliphatic carbocycles. The number of benzene rings is 1. The van der Waals surface area contributed by atoms with Crippen LogP contribution >= 0.6 is 11.8 Å². The maximum atomic E-state index is 12.9. The van der Waals surface area contributed by atoms with Gasteiger partial charge in [-0.15, -0.1) is 13.2 Å². The van der Waals surface area contributed by atoms with Gasteiger partial charge in [-0.25, -0.2) is 9.88 Å². The number of carbonyl (C=O) groups is 2. The first-order valence-electron chi connectivity index (χ1n) is 9.49. The van der Waals surface area contributed by atoms with Crippen molar-refractivity contribution < 1.29 is 27.5 Å². The first-order valence-corrected chi connectivity index (χ1v) is 10.4. The Labute approximate surface area is 190 Å². The molecule has 2 heterocycles. The Bertz CT molecular complexity index is 1200. The number of thioether (sulfide) groups is 1. The summed E-state index contributed by atoms with van der Waals surface area (Å²) < 4.78 is 40.8. The van der Waals surface area contributed by atoms with E-state index < -0.39 is 29.2 Å². The van der Waals surface area contributed by atoms with Crippen molar-refractivity contribution in [3.05, 3.63) is 41.0 Å². The molecule has 1 unspecified atom stereocenters. The number of alkyl halides is 3. The number of rotatable bonds is 5. The zero-order valence-electron chi connectivity index (χ0n) is 17.3. The van der Waals surface area contributed by atoms with Crippen LogP contribution in [0, 0.1) is 22.7 Å². The van der Waals surface area contributed by atoms with Gasteiger partial charge < -0.3 is 10.5 Å². The summed E-state index contributed by atoms with van der Waals surface area (Å²) in [6, 6.07) is 8.28. The highest BCUT2D eigenvalue weighted by molar-refractivity contribution is 8.00. The van der Waals surface area contributed by atoms with Crippen LogP contribution in [0.5, 0.6) is 5.75 Å². The zero-order chi connectivity index (χ0) is 24.5. The van der Waals surface area contributed by atoms with Crippen molar-refractivity contribution in [3.8, 4) is 17.9 Å². The number of nitrogens with two attached hydrogens (primary N) is 1. The summed E-state index contributed by atoms with van der Waals surface area (Å²) in [6.45, 7) is 3.56. The number of nitriles is 2. The predicted molar refractivity (Wildman–Crippen MR) is 112 cm³/mol. The monoisotopic (exact) mass is 475 g/mol. The predicted octanol–water partition coefficient (Wildman–Crippen LogP) is 3.85. The lowest BCUT2D eigenvalue weighted by molar-refractivity contribution is -0.274. The van der Waals surface area contributed by atoms with Crippen molar-refractivity contribution in [1.82, 2.24) is 4.98 Å². The van der Waals surface area contributed by atoms with Crippen molar-refractivity contribution in [2.45, 2.75) is 42.8 Å². The molecular weight excluding hydrogens is 459 g/mol. The van der Waals surface area contributed by atoms with E-state index in [1.54, 1.807) is 13.8 Å². The van der Waals surface area contributed by atoms with E-state index in [9.17, 15) is 33.3 Å². The topological polar surface area (TPSA) is 133 Å². The lowest BCUT2D eigenvalue weighted by atomic mass is 9.94. The molecule has 1 saturated heterocycles. The molecule has 1 aromatic carbocycles. The molecule has 1 aliphatic heterocycles. The summed E-state index contributed by atoms with van der Waals surface area (Å²) in [5.74, 6) is -1.99. The van der Waals surface area contributed by atoms with E-state index in [2.05, 4.69) is 9.72 Å². The summed E-state index contributed by atoms with van der Waals surface area (Å²) in [6.07, 6.45) is -5.08. The molecule has 170 valence electrons. The van der Waals surface area contributed by atoms with Gasteiger partial charge in [0.1, 0.15) is 28.7 Å². The van der Waals surface area contributed by atoms with Gasteiger partial charge in [0.05, 0.1) is 22.1 Å². The summed E-state index contributed by atoms with van der Waals surface area (Å²) in [5.41, 5.74) is 6.57. The fraction of sp³-hybridized carbons (Fsp3) is 0.286. The number of hydrogen-bond acceptors (Lipinski definition) is 8. The number of carbonyl (C=O) groups excluding carboxylic acids is 2. The fourth-order valence-electron chi connectivity index (χ4n) is 3.39. The van der Waals surface area contributed by atoms with Gasteiger partial charge in [-0.1, -0.05) is 25.6 Å².